The molecule has 0 radical (unpaired) electrons. The molecule has 0 aliphatic heterocycles. The minimum Gasteiger partial charge on any atom is -0.369 e. The molecule has 0 atom stereocenters. The van der Waals surface area contributed by atoms with E-state index in [4.69, 9.17) is 5.73 Å². The highest BCUT2D eigenvalue weighted by atomic mass is 16.2. The van der Waals surface area contributed by atoms with E-state index in [1.165, 1.54) is 25.7 Å². The summed E-state index contributed by atoms with van der Waals surface area (Å²) >= 11 is 0. The van der Waals surface area contributed by atoms with Gasteiger partial charge in [-0.25, -0.2) is 0 Å². The highest BCUT2D eigenvalue weighted by Gasteiger charge is 2.42. The summed E-state index contributed by atoms with van der Waals surface area (Å²) in [5.41, 5.74) is 5.21. The van der Waals surface area contributed by atoms with Crippen molar-refractivity contribution in [3.8, 4) is 0 Å². The molecule has 0 aromatic carbocycles. The van der Waals surface area contributed by atoms with E-state index >= 15 is 0 Å². The maximum atomic E-state index is 12.1. The van der Waals surface area contributed by atoms with Gasteiger partial charge >= 0.3 is 0 Å². The van der Waals surface area contributed by atoms with E-state index in [0.29, 0.717) is 17.9 Å². The molecule has 0 unspecified atom stereocenters. The molecule has 5 nitrogen and oxygen atoms in total. The molecule has 0 bridgehead atoms. The molecule has 19 heavy (non-hydrogen) atoms. The molecule has 108 valence electrons. The lowest BCUT2D eigenvalue weighted by Gasteiger charge is -2.26. The van der Waals surface area contributed by atoms with Crippen LogP contribution in [0, 0.1) is 11.8 Å². The molecule has 0 aromatic rings. The molecule has 0 spiro atoms. The number of nitrogens with one attached hydrogen (secondary N) is 1. The van der Waals surface area contributed by atoms with Crippen LogP contribution >= 0.6 is 0 Å². The SMILES string of the molecule is CC(C)N(CC(N)=O)CC(=O)NC(C1CC1)C1CC1. The molecule has 5 heteroatoms. The van der Waals surface area contributed by atoms with E-state index in [9.17, 15) is 9.59 Å². The number of hydrogen-bond donors (Lipinski definition) is 2. The molecule has 2 aliphatic carbocycles. The van der Waals surface area contributed by atoms with Gasteiger partial charge in [0.1, 0.15) is 0 Å². The highest BCUT2D eigenvalue weighted by Crippen LogP contribution is 2.44. The Morgan fingerprint density at radius 2 is 1.68 bits per heavy atom. The Kier molecular flexibility index (Phi) is 4.45. The van der Waals surface area contributed by atoms with E-state index in [1.807, 2.05) is 18.7 Å². The lowest BCUT2D eigenvalue weighted by molar-refractivity contribution is -0.125. The van der Waals surface area contributed by atoms with E-state index in [1.54, 1.807) is 0 Å². The molecular weight excluding hydrogens is 242 g/mol. The first-order valence-electron chi connectivity index (χ1n) is 7.29. The summed E-state index contributed by atoms with van der Waals surface area (Å²) in [7, 11) is 0. The quantitative estimate of drug-likeness (QED) is 0.672. The van der Waals surface area contributed by atoms with Crippen molar-refractivity contribution in [3.63, 3.8) is 0 Å². The number of carbonyl (C=O) groups excluding carboxylic acids is 2. The van der Waals surface area contributed by atoms with E-state index in [2.05, 4.69) is 5.32 Å². The van der Waals surface area contributed by atoms with Crippen molar-refractivity contribution in [1.29, 1.82) is 0 Å². The van der Waals surface area contributed by atoms with Crippen LogP contribution < -0.4 is 11.1 Å². The fourth-order valence-corrected chi connectivity index (χ4v) is 2.57. The first kappa shape index (κ1) is 14.3. The highest BCUT2D eigenvalue weighted by molar-refractivity contribution is 5.80. The molecule has 3 N–H and O–H groups in total. The molecule has 0 saturated heterocycles. The molecule has 2 rings (SSSR count). The van der Waals surface area contributed by atoms with Gasteiger partial charge in [0.25, 0.3) is 0 Å². The topological polar surface area (TPSA) is 75.4 Å². The van der Waals surface area contributed by atoms with E-state index in [0.717, 1.165) is 0 Å². The number of amides is 2. The van der Waals surface area contributed by atoms with Gasteiger partial charge in [0, 0.05) is 12.1 Å². The van der Waals surface area contributed by atoms with Crippen molar-refractivity contribution in [2.75, 3.05) is 13.1 Å². The minimum atomic E-state index is -0.387. The Hall–Kier alpha value is -1.10. The minimum absolute atomic E-state index is 0.0266. The van der Waals surface area contributed by atoms with Crippen molar-refractivity contribution in [2.45, 2.75) is 51.6 Å². The average molecular weight is 267 g/mol. The molecular formula is C14H25N3O2. The Labute approximate surface area is 114 Å². The lowest BCUT2D eigenvalue weighted by Crippen LogP contribution is -2.48. The fourth-order valence-electron chi connectivity index (χ4n) is 2.57. The summed E-state index contributed by atoms with van der Waals surface area (Å²) < 4.78 is 0. The lowest BCUT2D eigenvalue weighted by atomic mass is 10.1. The second-order valence-electron chi connectivity index (χ2n) is 6.23. The van der Waals surface area contributed by atoms with Gasteiger partial charge in [0.05, 0.1) is 13.1 Å². The summed E-state index contributed by atoms with van der Waals surface area (Å²) in [6.45, 7) is 4.34. The van der Waals surface area contributed by atoms with Crippen LogP contribution in [0.5, 0.6) is 0 Å². The van der Waals surface area contributed by atoms with Crippen LogP contribution in [-0.2, 0) is 9.59 Å². The van der Waals surface area contributed by atoms with Crippen LogP contribution in [0.4, 0.5) is 0 Å². The maximum absolute atomic E-state index is 12.1. The molecule has 0 heterocycles. The van der Waals surface area contributed by atoms with Crippen LogP contribution in [0.2, 0.25) is 0 Å². The van der Waals surface area contributed by atoms with Gasteiger partial charge in [-0.3, -0.25) is 14.5 Å². The van der Waals surface area contributed by atoms with Gasteiger partial charge in [-0.05, 0) is 51.4 Å². The van der Waals surface area contributed by atoms with Gasteiger partial charge in [0.15, 0.2) is 0 Å². The zero-order valence-electron chi connectivity index (χ0n) is 11.9. The monoisotopic (exact) mass is 267 g/mol. The second-order valence-corrected chi connectivity index (χ2v) is 6.23. The number of nitrogens with two attached hydrogens (primary N) is 1. The van der Waals surface area contributed by atoms with Gasteiger partial charge in [-0.1, -0.05) is 0 Å². The van der Waals surface area contributed by atoms with Crippen molar-refractivity contribution in [2.24, 2.45) is 17.6 Å². The fraction of sp³-hybridized carbons (Fsp3) is 0.857. The number of nitrogens with zero attached hydrogens (tertiary/aromatic N) is 1. The molecule has 2 fully saturated rings. The Morgan fingerprint density at radius 1 is 1.16 bits per heavy atom. The van der Waals surface area contributed by atoms with Crippen LogP contribution in [0.25, 0.3) is 0 Å². The largest absolute Gasteiger partial charge is 0.369 e. The zero-order valence-corrected chi connectivity index (χ0v) is 11.9. The van der Waals surface area contributed by atoms with Crippen LogP contribution in [0.1, 0.15) is 39.5 Å². The standard InChI is InChI=1S/C14H25N3O2/c1-9(2)17(7-12(15)18)8-13(19)16-14(10-3-4-10)11-5-6-11/h9-11,14H,3-8H2,1-2H3,(H2,15,18)(H,16,19). The molecule has 2 aliphatic rings. The Morgan fingerprint density at radius 3 is 2.05 bits per heavy atom. The summed E-state index contributed by atoms with van der Waals surface area (Å²) in [6, 6.07) is 0.508. The first-order chi connectivity index (χ1) is 8.97. The maximum Gasteiger partial charge on any atom is 0.234 e. The molecule has 2 saturated carbocycles. The molecule has 2 amide bonds. The number of hydrogen-bond acceptors (Lipinski definition) is 3. The zero-order chi connectivity index (χ0) is 14.0. The third kappa shape index (κ3) is 4.49. The van der Waals surface area contributed by atoms with Crippen molar-refractivity contribution in [1.82, 2.24) is 10.2 Å². The number of carbonyl (C=O) groups is 2. The predicted molar refractivity (Wildman–Crippen MR) is 73.3 cm³/mol. The van der Waals surface area contributed by atoms with Crippen LogP contribution in [0.3, 0.4) is 0 Å². The van der Waals surface area contributed by atoms with Gasteiger partial charge in [-0.15, -0.1) is 0 Å². The van der Waals surface area contributed by atoms with Gasteiger partial charge in [0.2, 0.25) is 11.8 Å². The summed E-state index contributed by atoms with van der Waals surface area (Å²) in [6.07, 6.45) is 4.99. The van der Waals surface area contributed by atoms with E-state index < -0.39 is 0 Å². The summed E-state index contributed by atoms with van der Waals surface area (Å²) in [4.78, 5) is 24.9. The van der Waals surface area contributed by atoms with Gasteiger partial charge in [-0.2, -0.15) is 0 Å². The average Bonchev–Trinajstić information content (AvgIpc) is 3.14. The van der Waals surface area contributed by atoms with Crippen LogP contribution in [-0.4, -0.2) is 41.9 Å². The van der Waals surface area contributed by atoms with Gasteiger partial charge < -0.3 is 11.1 Å². The van der Waals surface area contributed by atoms with Crippen LogP contribution in [0.15, 0.2) is 0 Å². The van der Waals surface area contributed by atoms with Crippen molar-refractivity contribution >= 4 is 11.8 Å². The Balaban J connectivity index is 1.82. The normalized spacial score (nSPS) is 19.2. The first-order valence-corrected chi connectivity index (χ1v) is 7.29. The van der Waals surface area contributed by atoms with Crippen molar-refractivity contribution in [3.05, 3.63) is 0 Å². The number of rotatable bonds is 8. The second kappa shape index (κ2) is 5.90. The molecule has 0 aromatic heterocycles. The predicted octanol–water partition coefficient (Wildman–Crippen LogP) is 0.487. The third-order valence-corrected chi connectivity index (χ3v) is 4.02. The number of primary amides is 1. The Bertz CT molecular complexity index is 337. The van der Waals surface area contributed by atoms with Crippen molar-refractivity contribution < 1.29 is 9.59 Å². The smallest absolute Gasteiger partial charge is 0.234 e. The van der Waals surface area contributed by atoms with E-state index in [-0.39, 0.29) is 30.9 Å². The summed E-state index contributed by atoms with van der Waals surface area (Å²) in [5, 5.41) is 3.17. The third-order valence-electron chi connectivity index (χ3n) is 4.02. The summed E-state index contributed by atoms with van der Waals surface area (Å²) in [5.74, 6) is 1.03.